The maximum absolute atomic E-state index is 12.2. The van der Waals surface area contributed by atoms with Gasteiger partial charge in [-0.25, -0.2) is 0 Å². The summed E-state index contributed by atoms with van der Waals surface area (Å²) in [5.74, 6) is 0. The molecule has 0 N–H and O–H groups in total. The van der Waals surface area contributed by atoms with Crippen LogP contribution in [-0.4, -0.2) is 0 Å². The third-order valence-corrected chi connectivity index (χ3v) is 1.70. The van der Waals surface area contributed by atoms with Gasteiger partial charge in [-0.3, -0.25) is 0 Å². The van der Waals surface area contributed by atoms with Gasteiger partial charge in [-0.2, -0.15) is 13.2 Å². The van der Waals surface area contributed by atoms with E-state index in [1.54, 1.807) is 13.0 Å². The molecule has 1 aromatic carbocycles. The van der Waals surface area contributed by atoms with Crippen LogP contribution in [0.2, 0.25) is 0 Å². The van der Waals surface area contributed by atoms with Crippen LogP contribution in [0.4, 0.5) is 13.2 Å². The molecule has 0 nitrogen and oxygen atoms in total. The van der Waals surface area contributed by atoms with Crippen molar-refractivity contribution in [3.8, 4) is 0 Å². The highest BCUT2D eigenvalue weighted by atomic mass is 19.4. The van der Waals surface area contributed by atoms with Gasteiger partial charge in [-0.15, -0.1) is 0 Å². The second-order valence-electron chi connectivity index (χ2n) is 2.82. The van der Waals surface area contributed by atoms with Crippen molar-refractivity contribution in [2.75, 3.05) is 0 Å². The average Bonchev–Trinajstić information content (AvgIpc) is 1.92. The van der Waals surface area contributed by atoms with E-state index in [1.807, 2.05) is 0 Å². The van der Waals surface area contributed by atoms with Crippen LogP contribution in [0, 0.1) is 13.8 Å². The Morgan fingerprint density at radius 2 is 1.67 bits per heavy atom. The molecule has 0 saturated heterocycles. The minimum Gasteiger partial charge on any atom is -0.166 e. The Labute approximate surface area is 69.0 Å². The fourth-order valence-corrected chi connectivity index (χ4v) is 1.04. The molecular formula is C9H9F3. The topological polar surface area (TPSA) is 0 Å². The molecular weight excluding hydrogens is 165 g/mol. The van der Waals surface area contributed by atoms with Crippen LogP contribution in [-0.2, 0) is 6.18 Å². The van der Waals surface area contributed by atoms with Crippen molar-refractivity contribution < 1.29 is 13.2 Å². The number of alkyl halides is 3. The number of halogens is 3. The highest BCUT2D eigenvalue weighted by Gasteiger charge is 2.31. The maximum atomic E-state index is 12.2. The van der Waals surface area contributed by atoms with Crippen LogP contribution in [0.25, 0.3) is 0 Å². The molecule has 0 atom stereocenters. The molecule has 0 heterocycles. The summed E-state index contributed by atoms with van der Waals surface area (Å²) in [6.45, 7) is 3.11. The number of hydrogen-bond donors (Lipinski definition) is 0. The second kappa shape index (κ2) is 2.81. The Bertz CT molecular complexity index is 286. The molecule has 1 aromatic rings. The lowest BCUT2D eigenvalue weighted by Crippen LogP contribution is -2.07. The zero-order valence-corrected chi connectivity index (χ0v) is 6.87. The number of aryl methyl sites for hydroxylation is 2. The van der Waals surface area contributed by atoms with E-state index in [2.05, 4.69) is 0 Å². The molecule has 0 fully saturated rings. The summed E-state index contributed by atoms with van der Waals surface area (Å²) in [4.78, 5) is 0. The van der Waals surface area contributed by atoms with Gasteiger partial charge >= 0.3 is 6.18 Å². The van der Waals surface area contributed by atoms with Crippen LogP contribution in [0.3, 0.4) is 0 Å². The predicted octanol–water partition coefficient (Wildman–Crippen LogP) is 3.32. The third-order valence-electron chi connectivity index (χ3n) is 1.70. The lowest BCUT2D eigenvalue weighted by molar-refractivity contribution is -0.138. The molecule has 1 rings (SSSR count). The highest BCUT2D eigenvalue weighted by Crippen LogP contribution is 2.31. The van der Waals surface area contributed by atoms with Crippen LogP contribution >= 0.6 is 0 Å². The first-order chi connectivity index (χ1) is 5.41. The SMILES string of the molecule is Cc1ccc(C)c(C(F)(F)F)c1. The molecule has 0 aliphatic rings. The van der Waals surface area contributed by atoms with Crippen molar-refractivity contribution in [2.24, 2.45) is 0 Å². The van der Waals surface area contributed by atoms with Crippen molar-refractivity contribution in [1.82, 2.24) is 0 Å². The quantitative estimate of drug-likeness (QED) is 0.566. The van der Waals surface area contributed by atoms with Gasteiger partial charge in [0.2, 0.25) is 0 Å². The number of hydrogen-bond acceptors (Lipinski definition) is 0. The Balaban J connectivity index is 3.23. The molecule has 3 heteroatoms. The molecule has 12 heavy (non-hydrogen) atoms. The zero-order chi connectivity index (χ0) is 9.35. The fraction of sp³-hybridized carbons (Fsp3) is 0.333. The van der Waals surface area contributed by atoms with Crippen LogP contribution in [0.15, 0.2) is 18.2 Å². The highest BCUT2D eigenvalue weighted by molar-refractivity contribution is 5.32. The minimum atomic E-state index is -4.23. The number of rotatable bonds is 0. The van der Waals surface area contributed by atoms with Gasteiger partial charge in [0.05, 0.1) is 5.56 Å². The van der Waals surface area contributed by atoms with Gasteiger partial charge in [0.15, 0.2) is 0 Å². The third kappa shape index (κ3) is 1.78. The lowest BCUT2D eigenvalue weighted by atomic mass is 10.1. The average molecular weight is 174 g/mol. The molecule has 0 bridgehead atoms. The molecule has 0 aliphatic heterocycles. The van der Waals surface area contributed by atoms with Crippen LogP contribution in [0.5, 0.6) is 0 Å². The van der Waals surface area contributed by atoms with Crippen LogP contribution < -0.4 is 0 Å². The molecule has 0 aliphatic carbocycles. The first-order valence-electron chi connectivity index (χ1n) is 3.55. The fourth-order valence-electron chi connectivity index (χ4n) is 1.04. The molecule has 0 amide bonds. The predicted molar refractivity (Wildman–Crippen MR) is 40.9 cm³/mol. The molecule has 0 unspecified atom stereocenters. The Kier molecular flexibility index (Phi) is 2.13. The van der Waals surface area contributed by atoms with E-state index in [0.717, 1.165) is 6.07 Å². The molecule has 0 aromatic heterocycles. The minimum absolute atomic E-state index is 0.271. The lowest BCUT2D eigenvalue weighted by Gasteiger charge is -2.10. The maximum Gasteiger partial charge on any atom is 0.416 e. The van der Waals surface area contributed by atoms with E-state index in [9.17, 15) is 13.2 Å². The van der Waals surface area contributed by atoms with Gasteiger partial charge in [0, 0.05) is 0 Å². The van der Waals surface area contributed by atoms with E-state index >= 15 is 0 Å². The van der Waals surface area contributed by atoms with Gasteiger partial charge in [-0.05, 0) is 25.5 Å². The molecule has 0 spiro atoms. The first-order valence-corrected chi connectivity index (χ1v) is 3.55. The van der Waals surface area contributed by atoms with Crippen LogP contribution in [0.1, 0.15) is 16.7 Å². The second-order valence-corrected chi connectivity index (χ2v) is 2.82. The monoisotopic (exact) mass is 174 g/mol. The summed E-state index contributed by atoms with van der Waals surface area (Å²) in [6, 6.07) is 4.32. The van der Waals surface area contributed by atoms with Crippen molar-refractivity contribution in [2.45, 2.75) is 20.0 Å². The summed E-state index contributed by atoms with van der Waals surface area (Å²) < 4.78 is 36.7. The van der Waals surface area contributed by atoms with E-state index in [4.69, 9.17) is 0 Å². The molecule has 0 radical (unpaired) electrons. The van der Waals surface area contributed by atoms with Crippen molar-refractivity contribution >= 4 is 0 Å². The molecule has 66 valence electrons. The summed E-state index contributed by atoms with van der Waals surface area (Å²) in [6.07, 6.45) is -4.23. The Morgan fingerprint density at radius 1 is 1.08 bits per heavy atom. The van der Waals surface area contributed by atoms with E-state index < -0.39 is 11.7 Å². The van der Waals surface area contributed by atoms with Gasteiger partial charge in [0.25, 0.3) is 0 Å². The van der Waals surface area contributed by atoms with Crippen molar-refractivity contribution in [3.63, 3.8) is 0 Å². The van der Waals surface area contributed by atoms with Gasteiger partial charge < -0.3 is 0 Å². The van der Waals surface area contributed by atoms with Crippen molar-refractivity contribution in [3.05, 3.63) is 34.9 Å². The normalized spacial score (nSPS) is 11.8. The van der Waals surface area contributed by atoms with Gasteiger partial charge in [0.1, 0.15) is 0 Å². The zero-order valence-electron chi connectivity index (χ0n) is 6.87. The summed E-state index contributed by atoms with van der Waals surface area (Å²) in [5, 5.41) is 0. The first kappa shape index (κ1) is 9.10. The largest absolute Gasteiger partial charge is 0.416 e. The standard InChI is InChI=1S/C9H9F3/c1-6-3-4-7(2)8(5-6)9(10,11)12/h3-5H,1-2H3. The Hall–Kier alpha value is -0.990. The molecule has 0 saturated carbocycles. The van der Waals surface area contributed by atoms with Gasteiger partial charge in [-0.1, -0.05) is 17.7 Å². The summed E-state index contributed by atoms with van der Waals surface area (Å²) >= 11 is 0. The number of benzene rings is 1. The Morgan fingerprint density at radius 3 is 2.08 bits per heavy atom. The summed E-state index contributed by atoms with van der Waals surface area (Å²) in [7, 11) is 0. The smallest absolute Gasteiger partial charge is 0.166 e. The summed E-state index contributed by atoms with van der Waals surface area (Å²) in [5.41, 5.74) is 0.364. The van der Waals surface area contributed by atoms with E-state index in [-0.39, 0.29) is 5.56 Å². The van der Waals surface area contributed by atoms with E-state index in [1.165, 1.54) is 13.0 Å². The van der Waals surface area contributed by atoms with E-state index in [0.29, 0.717) is 5.56 Å². The van der Waals surface area contributed by atoms with Crippen molar-refractivity contribution in [1.29, 1.82) is 0 Å².